The molecule has 0 saturated heterocycles. The smallest absolute Gasteiger partial charge is 0.264 e. The van der Waals surface area contributed by atoms with Gasteiger partial charge < -0.3 is 9.47 Å². The van der Waals surface area contributed by atoms with Gasteiger partial charge >= 0.3 is 0 Å². The molecule has 0 unspecified atom stereocenters. The molecule has 3 aromatic rings. The summed E-state index contributed by atoms with van der Waals surface area (Å²) in [4.78, 5) is 16.7. The fraction of sp³-hybridized carbons (Fsp3) is 0.150. The van der Waals surface area contributed by atoms with E-state index in [0.717, 1.165) is 11.3 Å². The summed E-state index contributed by atoms with van der Waals surface area (Å²) in [6, 6.07) is 15.0. The average Bonchev–Trinajstić information content (AvgIpc) is 3.16. The lowest BCUT2D eigenvalue weighted by Crippen LogP contribution is -2.20. The van der Waals surface area contributed by atoms with E-state index in [4.69, 9.17) is 14.7 Å². The maximum atomic E-state index is 12.3. The number of ether oxygens (including phenoxy) is 2. The van der Waals surface area contributed by atoms with Crippen LogP contribution in [0.15, 0.2) is 52.3 Å². The van der Waals surface area contributed by atoms with Gasteiger partial charge in [-0.05, 0) is 28.9 Å². The highest BCUT2D eigenvalue weighted by atomic mass is 79.9. The number of hydrogen-bond donors (Lipinski definition) is 1. The molecule has 0 aliphatic heterocycles. The largest absolute Gasteiger partial charge is 0.490 e. The minimum Gasteiger partial charge on any atom is -0.490 e. The van der Waals surface area contributed by atoms with Crippen LogP contribution in [0.25, 0.3) is 11.3 Å². The highest BCUT2D eigenvalue weighted by molar-refractivity contribution is 9.10. The standard InChI is InChI=1S/C20H16BrN3O3S/c1-2-26-17-9-13(10-22)8-15(21)19(17)27-11-18(25)24-20-23-16(12-28-20)14-6-4-3-5-7-14/h3-9,12H,2,11H2,1H3,(H,23,24,25). The first-order chi connectivity index (χ1) is 13.6. The molecule has 3 rings (SSSR count). The van der Waals surface area contributed by atoms with Crippen molar-refractivity contribution in [1.82, 2.24) is 4.98 Å². The van der Waals surface area contributed by atoms with Gasteiger partial charge in [0.15, 0.2) is 23.2 Å². The van der Waals surface area contributed by atoms with E-state index in [0.29, 0.717) is 33.3 Å². The van der Waals surface area contributed by atoms with Crippen LogP contribution in [0.2, 0.25) is 0 Å². The van der Waals surface area contributed by atoms with E-state index in [9.17, 15) is 4.79 Å². The van der Waals surface area contributed by atoms with E-state index in [-0.39, 0.29) is 12.5 Å². The van der Waals surface area contributed by atoms with E-state index >= 15 is 0 Å². The molecule has 0 saturated carbocycles. The number of rotatable bonds is 7. The molecule has 0 bridgehead atoms. The van der Waals surface area contributed by atoms with Crippen LogP contribution in [-0.4, -0.2) is 24.1 Å². The summed E-state index contributed by atoms with van der Waals surface area (Å²) >= 11 is 4.70. The number of nitrogens with zero attached hydrogens (tertiary/aromatic N) is 2. The molecule has 2 aromatic carbocycles. The average molecular weight is 458 g/mol. The van der Waals surface area contributed by atoms with Gasteiger partial charge in [-0.1, -0.05) is 30.3 Å². The Morgan fingerprint density at radius 1 is 1.29 bits per heavy atom. The van der Waals surface area contributed by atoms with Crippen LogP contribution in [0.3, 0.4) is 0 Å². The third kappa shape index (κ3) is 4.88. The van der Waals surface area contributed by atoms with Crippen molar-refractivity contribution in [3.8, 4) is 28.8 Å². The maximum Gasteiger partial charge on any atom is 0.264 e. The molecule has 28 heavy (non-hydrogen) atoms. The summed E-state index contributed by atoms with van der Waals surface area (Å²) in [6.45, 7) is 2.02. The Bertz CT molecular complexity index is 1020. The Morgan fingerprint density at radius 3 is 2.79 bits per heavy atom. The van der Waals surface area contributed by atoms with Crippen molar-refractivity contribution in [1.29, 1.82) is 5.26 Å². The summed E-state index contributed by atoms with van der Waals surface area (Å²) in [5, 5.41) is 14.2. The number of benzene rings is 2. The van der Waals surface area contributed by atoms with E-state index in [2.05, 4.69) is 32.3 Å². The van der Waals surface area contributed by atoms with E-state index in [1.807, 2.05) is 42.6 Å². The molecule has 0 fully saturated rings. The highest BCUT2D eigenvalue weighted by Gasteiger charge is 2.15. The number of thiazole rings is 1. The van der Waals surface area contributed by atoms with Crippen molar-refractivity contribution in [2.45, 2.75) is 6.92 Å². The molecule has 1 heterocycles. The minimum absolute atomic E-state index is 0.217. The number of carbonyl (C=O) groups excluding carboxylic acids is 1. The van der Waals surface area contributed by atoms with Gasteiger partial charge in [-0.3, -0.25) is 10.1 Å². The van der Waals surface area contributed by atoms with Crippen LogP contribution in [0.5, 0.6) is 11.5 Å². The summed E-state index contributed by atoms with van der Waals surface area (Å²) in [5.74, 6) is 0.439. The Hall–Kier alpha value is -2.89. The monoisotopic (exact) mass is 457 g/mol. The van der Waals surface area contributed by atoms with Crippen LogP contribution in [-0.2, 0) is 4.79 Å². The molecule has 0 atom stereocenters. The first-order valence-electron chi connectivity index (χ1n) is 8.40. The van der Waals surface area contributed by atoms with E-state index in [1.54, 1.807) is 12.1 Å². The van der Waals surface area contributed by atoms with Gasteiger partial charge in [-0.15, -0.1) is 11.3 Å². The van der Waals surface area contributed by atoms with Gasteiger partial charge in [0.1, 0.15) is 0 Å². The van der Waals surface area contributed by atoms with Crippen LogP contribution >= 0.6 is 27.3 Å². The van der Waals surface area contributed by atoms with E-state index in [1.165, 1.54) is 11.3 Å². The molecule has 1 amide bonds. The molecule has 6 nitrogen and oxygen atoms in total. The van der Waals surface area contributed by atoms with Crippen LogP contribution in [0.4, 0.5) is 5.13 Å². The summed E-state index contributed by atoms with van der Waals surface area (Å²) in [6.07, 6.45) is 0. The molecular formula is C20H16BrN3O3S. The van der Waals surface area contributed by atoms with Gasteiger partial charge in [0, 0.05) is 17.0 Å². The third-order valence-electron chi connectivity index (χ3n) is 3.61. The van der Waals surface area contributed by atoms with Crippen molar-refractivity contribution in [2.75, 3.05) is 18.5 Å². The lowest BCUT2D eigenvalue weighted by atomic mass is 10.2. The van der Waals surface area contributed by atoms with E-state index < -0.39 is 0 Å². The predicted octanol–water partition coefficient (Wildman–Crippen LogP) is 4.86. The lowest BCUT2D eigenvalue weighted by Gasteiger charge is -2.13. The van der Waals surface area contributed by atoms with Crippen LogP contribution < -0.4 is 14.8 Å². The van der Waals surface area contributed by atoms with Crippen LogP contribution in [0.1, 0.15) is 12.5 Å². The summed E-state index contributed by atoms with van der Waals surface area (Å²) < 4.78 is 11.7. The Balaban J connectivity index is 1.65. The summed E-state index contributed by atoms with van der Waals surface area (Å²) in [5.41, 5.74) is 2.22. The number of amides is 1. The van der Waals surface area contributed by atoms with Gasteiger partial charge in [-0.2, -0.15) is 5.26 Å². The number of nitriles is 1. The minimum atomic E-state index is -0.340. The zero-order chi connectivity index (χ0) is 19.9. The number of hydrogen-bond acceptors (Lipinski definition) is 6. The second-order valence-corrected chi connectivity index (χ2v) is 7.28. The molecule has 0 aliphatic carbocycles. The number of nitrogens with one attached hydrogen (secondary N) is 1. The predicted molar refractivity (Wildman–Crippen MR) is 112 cm³/mol. The molecule has 0 radical (unpaired) electrons. The van der Waals surface area contributed by atoms with Crippen molar-refractivity contribution in [3.05, 3.63) is 57.9 Å². The quantitative estimate of drug-likeness (QED) is 0.547. The molecule has 142 valence electrons. The second-order valence-electron chi connectivity index (χ2n) is 5.57. The van der Waals surface area contributed by atoms with Gasteiger partial charge in [0.05, 0.1) is 28.4 Å². The van der Waals surface area contributed by atoms with Gasteiger partial charge in [0.25, 0.3) is 5.91 Å². The van der Waals surface area contributed by atoms with Crippen molar-refractivity contribution < 1.29 is 14.3 Å². The van der Waals surface area contributed by atoms with Gasteiger partial charge in [0.2, 0.25) is 0 Å². The first-order valence-corrected chi connectivity index (χ1v) is 10.1. The number of anilines is 1. The molecule has 0 spiro atoms. The molecule has 1 N–H and O–H groups in total. The fourth-order valence-corrected chi connectivity index (χ4v) is 3.69. The zero-order valence-electron chi connectivity index (χ0n) is 14.9. The van der Waals surface area contributed by atoms with Crippen LogP contribution in [0, 0.1) is 11.3 Å². The third-order valence-corrected chi connectivity index (χ3v) is 4.95. The second kappa shape index (κ2) is 9.35. The number of halogens is 1. The van der Waals surface area contributed by atoms with Crippen molar-refractivity contribution in [2.24, 2.45) is 0 Å². The molecular weight excluding hydrogens is 442 g/mol. The lowest BCUT2D eigenvalue weighted by molar-refractivity contribution is -0.118. The molecule has 0 aliphatic rings. The SMILES string of the molecule is CCOc1cc(C#N)cc(Br)c1OCC(=O)Nc1nc(-c2ccccc2)cs1. The van der Waals surface area contributed by atoms with Crippen molar-refractivity contribution >= 4 is 38.3 Å². The Morgan fingerprint density at radius 2 is 2.07 bits per heavy atom. The number of aromatic nitrogens is 1. The van der Waals surface area contributed by atoms with Gasteiger partial charge in [-0.25, -0.2) is 4.98 Å². The Labute approximate surface area is 174 Å². The number of carbonyl (C=O) groups is 1. The summed E-state index contributed by atoms with van der Waals surface area (Å²) in [7, 11) is 0. The van der Waals surface area contributed by atoms with Crippen molar-refractivity contribution in [3.63, 3.8) is 0 Å². The topological polar surface area (TPSA) is 84.2 Å². The normalized spacial score (nSPS) is 10.2. The molecule has 8 heteroatoms. The maximum absolute atomic E-state index is 12.3. The highest BCUT2D eigenvalue weighted by Crippen LogP contribution is 2.36. The zero-order valence-corrected chi connectivity index (χ0v) is 17.3. The molecule has 1 aromatic heterocycles. The fourth-order valence-electron chi connectivity index (χ4n) is 2.40. The first kappa shape index (κ1) is 19.9. The Kier molecular flexibility index (Phi) is 6.63.